The average molecular weight is 452 g/mol. The van der Waals surface area contributed by atoms with Crippen LogP contribution in [-0.2, 0) is 5.41 Å². The summed E-state index contributed by atoms with van der Waals surface area (Å²) in [6.07, 6.45) is 0. The van der Waals surface area contributed by atoms with Crippen molar-refractivity contribution in [1.29, 1.82) is 0 Å². The van der Waals surface area contributed by atoms with E-state index >= 15 is 0 Å². The predicted octanol–water partition coefficient (Wildman–Crippen LogP) is 9.30. The van der Waals surface area contributed by atoms with Crippen molar-refractivity contribution in [1.82, 2.24) is 0 Å². The SMILES string of the molecule is CC1(C)c2ccccc2-c2c(Nc3ccc(-c4ccc5oc6ccccc6c5c4)cc3)cccc21. The number of rotatable bonds is 3. The number of furan rings is 1. The van der Waals surface area contributed by atoms with Crippen LogP contribution in [0.1, 0.15) is 25.0 Å². The lowest BCUT2D eigenvalue weighted by Crippen LogP contribution is -2.14. The van der Waals surface area contributed by atoms with Crippen molar-refractivity contribution in [3.8, 4) is 22.3 Å². The van der Waals surface area contributed by atoms with Crippen LogP contribution in [-0.4, -0.2) is 0 Å². The first-order valence-corrected chi connectivity index (χ1v) is 12.1. The molecule has 2 heteroatoms. The first kappa shape index (κ1) is 20.1. The number of nitrogens with one attached hydrogen (secondary N) is 1. The van der Waals surface area contributed by atoms with Crippen LogP contribution < -0.4 is 5.32 Å². The van der Waals surface area contributed by atoms with Crippen LogP contribution in [0.4, 0.5) is 11.4 Å². The number of benzene rings is 5. The lowest BCUT2D eigenvalue weighted by molar-refractivity contribution is 0.660. The summed E-state index contributed by atoms with van der Waals surface area (Å²) >= 11 is 0. The fraction of sp³-hybridized carbons (Fsp3) is 0.0909. The molecule has 0 saturated heterocycles. The van der Waals surface area contributed by atoms with E-state index in [1.165, 1.54) is 33.4 Å². The van der Waals surface area contributed by atoms with E-state index in [4.69, 9.17) is 4.42 Å². The van der Waals surface area contributed by atoms with Gasteiger partial charge in [-0.15, -0.1) is 0 Å². The maximum Gasteiger partial charge on any atom is 0.135 e. The van der Waals surface area contributed by atoms with Gasteiger partial charge in [0.2, 0.25) is 0 Å². The van der Waals surface area contributed by atoms with E-state index in [1.807, 2.05) is 12.1 Å². The molecule has 7 rings (SSSR count). The van der Waals surface area contributed by atoms with Crippen molar-refractivity contribution in [3.05, 3.63) is 120 Å². The second-order valence-electron chi connectivity index (χ2n) is 9.91. The van der Waals surface area contributed by atoms with E-state index in [2.05, 4.69) is 116 Å². The third kappa shape index (κ3) is 3.03. The first-order chi connectivity index (χ1) is 17.1. The Morgan fingerprint density at radius 2 is 1.31 bits per heavy atom. The molecule has 0 saturated carbocycles. The van der Waals surface area contributed by atoms with Gasteiger partial charge in [-0.2, -0.15) is 0 Å². The molecule has 35 heavy (non-hydrogen) atoms. The summed E-state index contributed by atoms with van der Waals surface area (Å²) in [7, 11) is 0. The van der Waals surface area contributed by atoms with E-state index in [9.17, 15) is 0 Å². The summed E-state index contributed by atoms with van der Waals surface area (Å²) in [5.74, 6) is 0. The summed E-state index contributed by atoms with van der Waals surface area (Å²) in [5.41, 5.74) is 11.9. The minimum atomic E-state index is 0.00335. The molecule has 168 valence electrons. The van der Waals surface area contributed by atoms with Gasteiger partial charge in [0, 0.05) is 33.1 Å². The zero-order valence-electron chi connectivity index (χ0n) is 19.8. The van der Waals surface area contributed by atoms with Crippen molar-refractivity contribution in [2.24, 2.45) is 0 Å². The molecule has 1 aliphatic rings. The molecule has 1 heterocycles. The maximum absolute atomic E-state index is 5.99. The van der Waals surface area contributed by atoms with Crippen LogP contribution in [0.5, 0.6) is 0 Å². The second-order valence-corrected chi connectivity index (χ2v) is 9.91. The van der Waals surface area contributed by atoms with Crippen LogP contribution >= 0.6 is 0 Å². The van der Waals surface area contributed by atoms with Gasteiger partial charge < -0.3 is 9.73 Å². The van der Waals surface area contributed by atoms with E-state index in [1.54, 1.807) is 0 Å². The van der Waals surface area contributed by atoms with Gasteiger partial charge in [0.15, 0.2) is 0 Å². The van der Waals surface area contributed by atoms with Gasteiger partial charge in [0.05, 0.1) is 0 Å². The largest absolute Gasteiger partial charge is 0.456 e. The first-order valence-electron chi connectivity index (χ1n) is 12.1. The van der Waals surface area contributed by atoms with Gasteiger partial charge in [-0.3, -0.25) is 0 Å². The maximum atomic E-state index is 5.99. The van der Waals surface area contributed by atoms with Crippen LogP contribution in [0.2, 0.25) is 0 Å². The standard InChI is InChI=1S/C33H25NO/c1-33(2)27-10-5-3-9-25(27)32-28(33)11-7-12-29(32)34-23-17-14-21(15-18-23)22-16-19-31-26(20-22)24-8-4-6-13-30(24)35-31/h3-20,34H,1-2H3. The van der Waals surface area contributed by atoms with E-state index in [0.29, 0.717) is 0 Å². The average Bonchev–Trinajstić information content (AvgIpc) is 3.37. The minimum absolute atomic E-state index is 0.00335. The highest BCUT2D eigenvalue weighted by molar-refractivity contribution is 6.06. The lowest BCUT2D eigenvalue weighted by Gasteiger charge is -2.21. The molecule has 2 nitrogen and oxygen atoms in total. The van der Waals surface area contributed by atoms with E-state index in [0.717, 1.165) is 33.3 Å². The molecule has 0 radical (unpaired) electrons. The zero-order valence-corrected chi connectivity index (χ0v) is 19.8. The highest BCUT2D eigenvalue weighted by Crippen LogP contribution is 2.51. The van der Waals surface area contributed by atoms with Crippen molar-refractivity contribution < 1.29 is 4.42 Å². The Morgan fingerprint density at radius 1 is 0.600 bits per heavy atom. The van der Waals surface area contributed by atoms with E-state index in [-0.39, 0.29) is 5.41 Å². The molecular formula is C33H25NO. The van der Waals surface area contributed by atoms with Gasteiger partial charge in [-0.25, -0.2) is 0 Å². The topological polar surface area (TPSA) is 25.2 Å². The molecule has 1 aliphatic carbocycles. The minimum Gasteiger partial charge on any atom is -0.456 e. The molecule has 6 aromatic rings. The van der Waals surface area contributed by atoms with Crippen LogP contribution in [0.25, 0.3) is 44.2 Å². The van der Waals surface area contributed by atoms with Crippen LogP contribution in [0.15, 0.2) is 114 Å². The molecule has 0 bridgehead atoms. The third-order valence-electron chi connectivity index (χ3n) is 7.48. The van der Waals surface area contributed by atoms with Gasteiger partial charge >= 0.3 is 0 Å². The Bertz CT molecular complexity index is 1740. The molecule has 0 unspecified atom stereocenters. The Kier molecular flexibility index (Phi) is 4.22. The summed E-state index contributed by atoms with van der Waals surface area (Å²) in [4.78, 5) is 0. The number of hydrogen-bond donors (Lipinski definition) is 1. The third-order valence-corrected chi connectivity index (χ3v) is 7.48. The molecule has 0 amide bonds. The molecule has 1 aromatic heterocycles. The van der Waals surface area contributed by atoms with Crippen molar-refractivity contribution in [2.75, 3.05) is 5.32 Å². The lowest BCUT2D eigenvalue weighted by atomic mass is 9.82. The fourth-order valence-corrected chi connectivity index (χ4v) is 5.67. The molecule has 0 spiro atoms. The number of fused-ring (bicyclic) bond motifs is 6. The van der Waals surface area contributed by atoms with E-state index < -0.39 is 0 Å². The second kappa shape index (κ2) is 7.35. The Labute approximate surface area is 204 Å². The molecule has 5 aromatic carbocycles. The molecule has 0 fully saturated rings. The Morgan fingerprint density at radius 3 is 2.20 bits per heavy atom. The predicted molar refractivity (Wildman–Crippen MR) is 146 cm³/mol. The number of anilines is 2. The Hall–Kier alpha value is -4.30. The van der Waals surface area contributed by atoms with Crippen LogP contribution in [0, 0.1) is 0 Å². The quantitative estimate of drug-likeness (QED) is 0.290. The van der Waals surface area contributed by atoms with Crippen LogP contribution in [0.3, 0.4) is 0 Å². The fourth-order valence-electron chi connectivity index (χ4n) is 5.67. The number of hydrogen-bond acceptors (Lipinski definition) is 2. The number of para-hydroxylation sites is 1. The van der Waals surface area contributed by atoms with Gasteiger partial charge in [-0.05, 0) is 64.2 Å². The summed E-state index contributed by atoms with van der Waals surface area (Å²) in [5, 5.41) is 6.01. The summed E-state index contributed by atoms with van der Waals surface area (Å²) in [6, 6.07) is 38.7. The Balaban J connectivity index is 1.24. The van der Waals surface area contributed by atoms with Crippen molar-refractivity contribution in [2.45, 2.75) is 19.3 Å². The van der Waals surface area contributed by atoms with Gasteiger partial charge in [0.25, 0.3) is 0 Å². The van der Waals surface area contributed by atoms with Crippen molar-refractivity contribution in [3.63, 3.8) is 0 Å². The normalized spacial score (nSPS) is 13.7. The molecule has 1 N–H and O–H groups in total. The molecule has 0 atom stereocenters. The molecule has 0 aliphatic heterocycles. The molecular weight excluding hydrogens is 426 g/mol. The van der Waals surface area contributed by atoms with Gasteiger partial charge in [-0.1, -0.05) is 86.6 Å². The summed E-state index contributed by atoms with van der Waals surface area (Å²) < 4.78 is 5.99. The highest BCUT2D eigenvalue weighted by Gasteiger charge is 2.36. The monoisotopic (exact) mass is 451 g/mol. The smallest absolute Gasteiger partial charge is 0.135 e. The van der Waals surface area contributed by atoms with Crippen molar-refractivity contribution >= 4 is 33.3 Å². The highest BCUT2D eigenvalue weighted by atomic mass is 16.3. The zero-order chi connectivity index (χ0) is 23.6. The van der Waals surface area contributed by atoms with Gasteiger partial charge in [0.1, 0.15) is 11.2 Å². The summed E-state index contributed by atoms with van der Waals surface area (Å²) in [6.45, 7) is 4.63.